The molecule has 0 saturated carbocycles. The van der Waals surface area contributed by atoms with Crippen molar-refractivity contribution >= 4 is 10.9 Å². The third-order valence-corrected chi connectivity index (χ3v) is 5.82. The molecule has 2 N–H and O–H groups in total. The summed E-state index contributed by atoms with van der Waals surface area (Å²) in [5.41, 5.74) is 3.93. The van der Waals surface area contributed by atoms with E-state index in [1.165, 1.54) is 12.1 Å². The van der Waals surface area contributed by atoms with E-state index in [0.29, 0.717) is 18.8 Å². The van der Waals surface area contributed by atoms with E-state index in [9.17, 15) is 14.3 Å². The van der Waals surface area contributed by atoms with Crippen LogP contribution in [0, 0.1) is 5.82 Å². The maximum absolute atomic E-state index is 13.3. The summed E-state index contributed by atoms with van der Waals surface area (Å²) in [6.07, 6.45) is 0. The molecule has 142 valence electrons. The molecule has 6 heteroatoms. The van der Waals surface area contributed by atoms with Gasteiger partial charge in [0.15, 0.2) is 0 Å². The summed E-state index contributed by atoms with van der Waals surface area (Å²) < 4.78 is 17.1. The van der Waals surface area contributed by atoms with Crippen molar-refractivity contribution in [3.63, 3.8) is 0 Å². The lowest BCUT2D eigenvalue weighted by Crippen LogP contribution is -2.34. The van der Waals surface area contributed by atoms with Gasteiger partial charge in [-0.05, 0) is 43.2 Å². The fraction of sp³-hybridized carbons (Fsp3) is 0.227. The number of para-hydroxylation sites is 1. The number of H-pyrrole nitrogens is 1. The van der Waals surface area contributed by atoms with Crippen LogP contribution >= 0.6 is 0 Å². The highest BCUT2D eigenvalue weighted by Gasteiger charge is 2.40. The minimum absolute atomic E-state index is 0.0731. The summed E-state index contributed by atoms with van der Waals surface area (Å²) in [4.78, 5) is 14.9. The summed E-state index contributed by atoms with van der Waals surface area (Å²) in [6, 6.07) is 14.6. The average molecular weight is 377 g/mol. The highest BCUT2D eigenvalue weighted by molar-refractivity contribution is 5.88. The number of nitrogens with zero attached hydrogens (tertiary/aromatic N) is 2. The SMILES string of the molecule is CC1(C)c2c(n(Cc3ccc(F)cc3)c3ccccc23)Cn2c1c(O)[nH]c2=O. The van der Waals surface area contributed by atoms with Crippen LogP contribution in [0.25, 0.3) is 10.9 Å². The summed E-state index contributed by atoms with van der Waals surface area (Å²) in [5.74, 6) is -0.334. The van der Waals surface area contributed by atoms with Crippen molar-refractivity contribution in [2.24, 2.45) is 0 Å². The van der Waals surface area contributed by atoms with E-state index in [1.807, 2.05) is 26.0 Å². The second-order valence-corrected chi connectivity index (χ2v) is 7.89. The molecule has 1 aliphatic rings. The minimum Gasteiger partial charge on any atom is -0.493 e. The Hall–Kier alpha value is -3.28. The number of halogens is 1. The van der Waals surface area contributed by atoms with Crippen LogP contribution in [0.5, 0.6) is 5.88 Å². The van der Waals surface area contributed by atoms with Gasteiger partial charge in [-0.25, -0.2) is 9.18 Å². The molecule has 0 unspecified atom stereocenters. The van der Waals surface area contributed by atoms with Gasteiger partial charge in [0.1, 0.15) is 5.82 Å². The van der Waals surface area contributed by atoms with Crippen LogP contribution in [-0.2, 0) is 18.5 Å². The molecule has 0 atom stereocenters. The number of hydrogen-bond donors (Lipinski definition) is 2. The number of imidazole rings is 1. The van der Waals surface area contributed by atoms with E-state index in [-0.39, 0.29) is 17.4 Å². The molecule has 28 heavy (non-hydrogen) atoms. The van der Waals surface area contributed by atoms with Crippen molar-refractivity contribution < 1.29 is 9.50 Å². The van der Waals surface area contributed by atoms with Gasteiger partial charge in [-0.15, -0.1) is 0 Å². The molecule has 2 aromatic carbocycles. The van der Waals surface area contributed by atoms with Gasteiger partial charge in [-0.2, -0.15) is 0 Å². The summed E-state index contributed by atoms with van der Waals surface area (Å²) in [7, 11) is 0. The van der Waals surface area contributed by atoms with Crippen LogP contribution < -0.4 is 5.69 Å². The number of nitrogens with one attached hydrogen (secondary N) is 1. The van der Waals surface area contributed by atoms with E-state index >= 15 is 0 Å². The van der Waals surface area contributed by atoms with Gasteiger partial charge in [0.2, 0.25) is 5.88 Å². The molecule has 5 rings (SSSR count). The third-order valence-electron chi connectivity index (χ3n) is 5.82. The number of aromatic hydroxyl groups is 1. The Morgan fingerprint density at radius 3 is 2.61 bits per heavy atom. The largest absolute Gasteiger partial charge is 0.493 e. The predicted molar refractivity (Wildman–Crippen MR) is 105 cm³/mol. The van der Waals surface area contributed by atoms with Crippen LogP contribution in [-0.4, -0.2) is 19.2 Å². The molecule has 0 bridgehead atoms. The number of hydrogen-bond acceptors (Lipinski definition) is 2. The zero-order valence-electron chi connectivity index (χ0n) is 15.7. The van der Waals surface area contributed by atoms with Gasteiger partial charge in [-0.3, -0.25) is 9.55 Å². The van der Waals surface area contributed by atoms with Crippen molar-refractivity contribution in [1.82, 2.24) is 14.1 Å². The quantitative estimate of drug-likeness (QED) is 0.559. The highest BCUT2D eigenvalue weighted by atomic mass is 19.1. The van der Waals surface area contributed by atoms with E-state index in [0.717, 1.165) is 27.7 Å². The summed E-state index contributed by atoms with van der Waals surface area (Å²) in [5, 5.41) is 11.5. The number of benzene rings is 2. The highest BCUT2D eigenvalue weighted by Crippen LogP contribution is 2.45. The molecular formula is C22H20FN3O2. The lowest BCUT2D eigenvalue weighted by molar-refractivity contribution is 0.420. The van der Waals surface area contributed by atoms with E-state index in [1.54, 1.807) is 16.7 Å². The molecule has 3 heterocycles. The Morgan fingerprint density at radius 1 is 1.14 bits per heavy atom. The molecule has 0 aliphatic carbocycles. The number of fused-ring (bicyclic) bond motifs is 4. The van der Waals surface area contributed by atoms with Crippen molar-refractivity contribution in [2.75, 3.05) is 0 Å². The van der Waals surface area contributed by atoms with E-state index in [2.05, 4.69) is 21.7 Å². The molecule has 5 nitrogen and oxygen atoms in total. The van der Waals surface area contributed by atoms with Crippen molar-refractivity contribution in [3.8, 4) is 5.88 Å². The Labute approximate surface area is 160 Å². The third kappa shape index (κ3) is 2.21. The molecule has 0 saturated heterocycles. The van der Waals surface area contributed by atoms with Crippen LogP contribution in [0.4, 0.5) is 4.39 Å². The first kappa shape index (κ1) is 16.9. The summed E-state index contributed by atoms with van der Waals surface area (Å²) >= 11 is 0. The first-order chi connectivity index (χ1) is 13.4. The fourth-order valence-corrected chi connectivity index (χ4v) is 4.68. The van der Waals surface area contributed by atoms with Crippen LogP contribution in [0.3, 0.4) is 0 Å². The standard InChI is InChI=1S/C22H20FN3O2/c1-22(2)18-15-5-3-4-6-16(15)25(11-13-7-9-14(23)10-8-13)17(18)12-26-19(22)20(27)24-21(26)28/h3-10,27H,11-12H2,1-2H3,(H,24,28). The van der Waals surface area contributed by atoms with Crippen molar-refractivity contribution in [1.29, 1.82) is 0 Å². The lowest BCUT2D eigenvalue weighted by Gasteiger charge is -2.32. The predicted octanol–water partition coefficient (Wildman–Crippen LogP) is 3.71. The summed E-state index contributed by atoms with van der Waals surface area (Å²) in [6.45, 7) is 5.00. The van der Waals surface area contributed by atoms with Gasteiger partial charge in [0, 0.05) is 28.6 Å². The molecule has 2 aromatic heterocycles. The Bertz CT molecular complexity index is 1280. The monoisotopic (exact) mass is 377 g/mol. The van der Waals surface area contributed by atoms with E-state index in [4.69, 9.17) is 0 Å². The van der Waals surface area contributed by atoms with Gasteiger partial charge >= 0.3 is 5.69 Å². The lowest BCUT2D eigenvalue weighted by atomic mass is 9.77. The molecular weight excluding hydrogens is 357 g/mol. The van der Waals surface area contributed by atoms with Crippen LogP contribution in [0.2, 0.25) is 0 Å². The molecule has 0 amide bonds. The minimum atomic E-state index is -0.551. The van der Waals surface area contributed by atoms with Gasteiger partial charge in [0.25, 0.3) is 0 Å². The maximum atomic E-state index is 13.3. The zero-order chi connectivity index (χ0) is 19.6. The van der Waals surface area contributed by atoms with Gasteiger partial charge < -0.3 is 9.67 Å². The van der Waals surface area contributed by atoms with Gasteiger partial charge in [-0.1, -0.05) is 30.3 Å². The van der Waals surface area contributed by atoms with E-state index < -0.39 is 5.41 Å². The fourth-order valence-electron chi connectivity index (χ4n) is 4.68. The topological polar surface area (TPSA) is 62.9 Å². The van der Waals surface area contributed by atoms with Crippen molar-refractivity contribution in [2.45, 2.75) is 32.4 Å². The number of rotatable bonds is 2. The molecule has 0 fully saturated rings. The number of aromatic amines is 1. The maximum Gasteiger partial charge on any atom is 0.329 e. The first-order valence-electron chi connectivity index (χ1n) is 9.25. The molecule has 0 radical (unpaired) electrons. The average Bonchev–Trinajstić information content (AvgIpc) is 3.13. The Balaban J connectivity index is 1.79. The van der Waals surface area contributed by atoms with Crippen molar-refractivity contribution in [3.05, 3.63) is 87.3 Å². The van der Waals surface area contributed by atoms with Crippen LogP contribution in [0.1, 0.15) is 36.4 Å². The molecule has 1 aliphatic heterocycles. The number of aromatic nitrogens is 3. The Kier molecular flexibility index (Phi) is 3.38. The second-order valence-electron chi connectivity index (χ2n) is 7.89. The first-order valence-corrected chi connectivity index (χ1v) is 9.25. The Morgan fingerprint density at radius 2 is 1.86 bits per heavy atom. The second kappa shape index (κ2) is 5.61. The normalized spacial score (nSPS) is 14.8. The molecule has 0 spiro atoms. The molecule has 4 aromatic rings. The van der Waals surface area contributed by atoms with Crippen LogP contribution in [0.15, 0.2) is 53.3 Å². The smallest absolute Gasteiger partial charge is 0.329 e. The zero-order valence-corrected chi connectivity index (χ0v) is 15.7. The van der Waals surface area contributed by atoms with Gasteiger partial charge in [0.05, 0.1) is 12.2 Å².